The van der Waals surface area contributed by atoms with Crippen LogP contribution >= 0.6 is 23.7 Å². The van der Waals surface area contributed by atoms with Gasteiger partial charge in [0.1, 0.15) is 0 Å². The second-order valence-electron chi connectivity index (χ2n) is 4.30. The number of nitrogens with one attached hydrogen (secondary N) is 1. The maximum absolute atomic E-state index is 4.30. The molecule has 0 radical (unpaired) electrons. The predicted octanol–water partition coefficient (Wildman–Crippen LogP) is 2.06. The molecule has 0 amide bonds. The van der Waals surface area contributed by atoms with Crippen molar-refractivity contribution in [3.05, 3.63) is 16.1 Å². The summed E-state index contributed by atoms with van der Waals surface area (Å²) in [5, 5.41) is 4.67. The minimum absolute atomic E-state index is 0. The Bertz CT molecular complexity index is 329. The molecular weight excluding hydrogens is 242 g/mol. The summed E-state index contributed by atoms with van der Waals surface area (Å²) >= 11 is 1.81. The summed E-state index contributed by atoms with van der Waals surface area (Å²) in [4.78, 5) is 8.22. The van der Waals surface area contributed by atoms with Crippen molar-refractivity contribution in [3.8, 4) is 0 Å². The highest BCUT2D eigenvalue weighted by Gasteiger charge is 2.24. The Kier molecular flexibility index (Phi) is 5.18. The predicted molar refractivity (Wildman–Crippen MR) is 71.4 cm³/mol. The molecule has 1 aliphatic heterocycles. The zero-order valence-electron chi connectivity index (χ0n) is 10.1. The first-order valence-corrected chi connectivity index (χ1v) is 6.37. The SMILES string of the molecule is Cc1ncc(CN2CCNC(C)C2C)s1.Cl. The van der Waals surface area contributed by atoms with E-state index in [0.29, 0.717) is 12.1 Å². The fraction of sp³-hybridized carbons (Fsp3) is 0.727. The number of rotatable bonds is 2. The van der Waals surface area contributed by atoms with E-state index < -0.39 is 0 Å². The van der Waals surface area contributed by atoms with E-state index in [2.05, 4.69) is 36.0 Å². The maximum Gasteiger partial charge on any atom is 0.0897 e. The van der Waals surface area contributed by atoms with Crippen LogP contribution in [0.2, 0.25) is 0 Å². The normalized spacial score (nSPS) is 26.4. The van der Waals surface area contributed by atoms with Gasteiger partial charge in [0, 0.05) is 42.8 Å². The Hall–Kier alpha value is -0.160. The summed E-state index contributed by atoms with van der Waals surface area (Å²) in [6.07, 6.45) is 2.01. The molecule has 16 heavy (non-hydrogen) atoms. The van der Waals surface area contributed by atoms with E-state index in [0.717, 1.165) is 19.6 Å². The van der Waals surface area contributed by atoms with Crippen LogP contribution < -0.4 is 5.32 Å². The Morgan fingerprint density at radius 2 is 2.31 bits per heavy atom. The van der Waals surface area contributed by atoms with Crippen LogP contribution in [-0.4, -0.2) is 35.1 Å². The molecule has 5 heteroatoms. The maximum atomic E-state index is 4.30. The lowest BCUT2D eigenvalue weighted by Crippen LogP contribution is -2.54. The van der Waals surface area contributed by atoms with E-state index in [1.54, 1.807) is 0 Å². The first-order valence-electron chi connectivity index (χ1n) is 5.55. The van der Waals surface area contributed by atoms with Crippen molar-refractivity contribution in [2.75, 3.05) is 13.1 Å². The van der Waals surface area contributed by atoms with Gasteiger partial charge < -0.3 is 5.32 Å². The monoisotopic (exact) mass is 261 g/mol. The highest BCUT2D eigenvalue weighted by molar-refractivity contribution is 7.11. The fourth-order valence-corrected chi connectivity index (χ4v) is 2.85. The first kappa shape index (κ1) is 13.9. The zero-order valence-corrected chi connectivity index (χ0v) is 11.7. The third kappa shape index (κ3) is 3.17. The van der Waals surface area contributed by atoms with Gasteiger partial charge in [-0.15, -0.1) is 23.7 Å². The molecule has 92 valence electrons. The molecule has 3 nitrogen and oxygen atoms in total. The number of aromatic nitrogens is 1. The number of nitrogens with zero attached hydrogens (tertiary/aromatic N) is 2. The molecule has 2 heterocycles. The third-order valence-corrected chi connectivity index (χ3v) is 4.09. The molecule has 1 aromatic rings. The average Bonchev–Trinajstić information content (AvgIpc) is 2.59. The molecule has 0 spiro atoms. The van der Waals surface area contributed by atoms with Gasteiger partial charge >= 0.3 is 0 Å². The Morgan fingerprint density at radius 3 is 2.94 bits per heavy atom. The van der Waals surface area contributed by atoms with Crippen molar-refractivity contribution in [1.29, 1.82) is 0 Å². The van der Waals surface area contributed by atoms with Crippen LogP contribution in [0.1, 0.15) is 23.7 Å². The van der Waals surface area contributed by atoms with Gasteiger partial charge in [-0.25, -0.2) is 4.98 Å². The molecule has 1 N–H and O–H groups in total. The van der Waals surface area contributed by atoms with Gasteiger partial charge in [0.15, 0.2) is 0 Å². The van der Waals surface area contributed by atoms with E-state index in [4.69, 9.17) is 0 Å². The van der Waals surface area contributed by atoms with Crippen LogP contribution in [0.5, 0.6) is 0 Å². The number of hydrogen-bond donors (Lipinski definition) is 1. The summed E-state index contributed by atoms with van der Waals surface area (Å²) in [6, 6.07) is 1.20. The molecular formula is C11H20ClN3S. The van der Waals surface area contributed by atoms with Crippen LogP contribution in [0.25, 0.3) is 0 Å². The smallest absolute Gasteiger partial charge is 0.0897 e. The van der Waals surface area contributed by atoms with Gasteiger partial charge in [0.25, 0.3) is 0 Å². The summed E-state index contributed by atoms with van der Waals surface area (Å²) in [5.74, 6) is 0. The van der Waals surface area contributed by atoms with Crippen molar-refractivity contribution in [3.63, 3.8) is 0 Å². The molecule has 2 unspecified atom stereocenters. The lowest BCUT2D eigenvalue weighted by atomic mass is 10.1. The van der Waals surface area contributed by atoms with Gasteiger partial charge in [0.05, 0.1) is 5.01 Å². The van der Waals surface area contributed by atoms with Gasteiger partial charge in [-0.3, -0.25) is 4.90 Å². The van der Waals surface area contributed by atoms with E-state index >= 15 is 0 Å². The Balaban J connectivity index is 0.00000128. The van der Waals surface area contributed by atoms with Crippen LogP contribution in [0.15, 0.2) is 6.20 Å². The van der Waals surface area contributed by atoms with E-state index in [9.17, 15) is 0 Å². The molecule has 1 fully saturated rings. The van der Waals surface area contributed by atoms with E-state index in [1.165, 1.54) is 9.88 Å². The first-order chi connectivity index (χ1) is 7.16. The summed E-state index contributed by atoms with van der Waals surface area (Å²) < 4.78 is 0. The molecule has 0 saturated carbocycles. The zero-order chi connectivity index (χ0) is 10.8. The molecule has 1 aliphatic rings. The number of hydrogen-bond acceptors (Lipinski definition) is 4. The third-order valence-electron chi connectivity index (χ3n) is 3.19. The molecule has 0 aliphatic carbocycles. The fourth-order valence-electron chi connectivity index (χ4n) is 2.03. The average molecular weight is 262 g/mol. The van der Waals surface area contributed by atoms with Crippen molar-refractivity contribution in [2.45, 2.75) is 39.4 Å². The molecule has 2 rings (SSSR count). The van der Waals surface area contributed by atoms with Crippen molar-refractivity contribution < 1.29 is 0 Å². The lowest BCUT2D eigenvalue weighted by Gasteiger charge is -2.38. The number of piperazine rings is 1. The van der Waals surface area contributed by atoms with Crippen molar-refractivity contribution in [2.24, 2.45) is 0 Å². The highest BCUT2D eigenvalue weighted by Crippen LogP contribution is 2.17. The lowest BCUT2D eigenvalue weighted by molar-refractivity contribution is 0.132. The van der Waals surface area contributed by atoms with Gasteiger partial charge in [0.2, 0.25) is 0 Å². The van der Waals surface area contributed by atoms with Gasteiger partial charge in [-0.1, -0.05) is 0 Å². The van der Waals surface area contributed by atoms with Crippen molar-refractivity contribution >= 4 is 23.7 Å². The minimum Gasteiger partial charge on any atom is -0.311 e. The van der Waals surface area contributed by atoms with E-state index in [-0.39, 0.29) is 12.4 Å². The molecule has 1 saturated heterocycles. The van der Waals surface area contributed by atoms with E-state index in [1.807, 2.05) is 17.5 Å². The summed E-state index contributed by atoms with van der Waals surface area (Å²) in [7, 11) is 0. The number of thiazole rings is 1. The van der Waals surface area contributed by atoms with Gasteiger partial charge in [-0.05, 0) is 20.8 Å². The second-order valence-corrected chi connectivity index (χ2v) is 5.62. The van der Waals surface area contributed by atoms with Crippen LogP contribution in [0.4, 0.5) is 0 Å². The largest absolute Gasteiger partial charge is 0.311 e. The molecule has 0 bridgehead atoms. The number of aryl methyl sites for hydroxylation is 1. The Morgan fingerprint density at radius 1 is 1.56 bits per heavy atom. The quantitative estimate of drug-likeness (QED) is 0.883. The van der Waals surface area contributed by atoms with Crippen molar-refractivity contribution in [1.82, 2.24) is 15.2 Å². The molecule has 2 atom stereocenters. The minimum atomic E-state index is 0. The van der Waals surface area contributed by atoms with Gasteiger partial charge in [-0.2, -0.15) is 0 Å². The number of halogens is 1. The Labute approximate surface area is 108 Å². The van der Waals surface area contributed by atoms with Crippen LogP contribution in [0.3, 0.4) is 0 Å². The summed E-state index contributed by atoms with van der Waals surface area (Å²) in [6.45, 7) is 9.92. The molecule has 1 aromatic heterocycles. The second kappa shape index (κ2) is 5.96. The van der Waals surface area contributed by atoms with Crippen LogP contribution in [0, 0.1) is 6.92 Å². The standard InChI is InChI=1S/C11H19N3S.ClH/c1-8-9(2)14(5-4-12-8)7-11-6-13-10(3)15-11;/h6,8-9,12H,4-5,7H2,1-3H3;1H. The van der Waals surface area contributed by atoms with Crippen LogP contribution in [-0.2, 0) is 6.54 Å². The molecule has 0 aromatic carbocycles. The highest BCUT2D eigenvalue weighted by atomic mass is 35.5. The summed E-state index contributed by atoms with van der Waals surface area (Å²) in [5.41, 5.74) is 0. The topological polar surface area (TPSA) is 28.2 Å².